The minimum absolute atomic E-state index is 0.352. The molecule has 6 heteroatoms. The van der Waals surface area contributed by atoms with Crippen LogP contribution in [0.3, 0.4) is 0 Å². The molecule has 1 aliphatic carbocycles. The number of anilines is 2. The van der Waals surface area contributed by atoms with Crippen molar-refractivity contribution in [1.29, 1.82) is 0 Å². The second-order valence-corrected chi connectivity index (χ2v) is 6.99. The maximum Gasteiger partial charge on any atom is 0.146 e. The molecule has 1 aliphatic rings. The molecule has 4 nitrogen and oxygen atoms in total. The van der Waals surface area contributed by atoms with Crippen molar-refractivity contribution >= 4 is 38.9 Å². The summed E-state index contributed by atoms with van der Waals surface area (Å²) in [5.41, 5.74) is 1.43. The molecule has 112 valence electrons. The largest absolute Gasteiger partial charge is 0.369 e. The molecular formula is C15H19BrN4S. The summed E-state index contributed by atoms with van der Waals surface area (Å²) in [7, 11) is 0. The van der Waals surface area contributed by atoms with Crippen LogP contribution in [0.4, 0.5) is 11.6 Å². The molecule has 1 unspecified atom stereocenters. The van der Waals surface area contributed by atoms with E-state index in [1.165, 1.54) is 23.3 Å². The molecule has 21 heavy (non-hydrogen) atoms. The molecule has 0 saturated heterocycles. The van der Waals surface area contributed by atoms with Crippen LogP contribution in [0.15, 0.2) is 22.2 Å². The zero-order valence-corrected chi connectivity index (χ0v) is 14.4. The summed E-state index contributed by atoms with van der Waals surface area (Å²) in [5.74, 6) is 1.73. The van der Waals surface area contributed by atoms with Gasteiger partial charge in [0, 0.05) is 11.4 Å². The lowest BCUT2D eigenvalue weighted by molar-refractivity contribution is 0.606. The summed E-state index contributed by atoms with van der Waals surface area (Å²) < 4.78 is 0.917. The first kappa shape index (κ1) is 14.8. The van der Waals surface area contributed by atoms with E-state index in [4.69, 9.17) is 0 Å². The average Bonchev–Trinajstić information content (AvgIpc) is 2.98. The van der Waals surface area contributed by atoms with Crippen molar-refractivity contribution in [3.63, 3.8) is 0 Å². The summed E-state index contributed by atoms with van der Waals surface area (Å²) in [4.78, 5) is 10.2. The molecular weight excluding hydrogens is 348 g/mol. The number of nitrogens with zero attached hydrogens (tertiary/aromatic N) is 2. The number of aromatic nitrogens is 2. The molecule has 3 rings (SSSR count). The molecule has 2 N–H and O–H groups in total. The Morgan fingerprint density at radius 3 is 3.10 bits per heavy atom. The summed E-state index contributed by atoms with van der Waals surface area (Å²) in [6.45, 7) is 3.05. The number of hydrogen-bond donors (Lipinski definition) is 2. The van der Waals surface area contributed by atoms with Crippen molar-refractivity contribution in [2.75, 3.05) is 17.2 Å². The predicted octanol–water partition coefficient (Wildman–Crippen LogP) is 4.61. The lowest BCUT2D eigenvalue weighted by atomic mass is 9.94. The Hall–Kier alpha value is -1.14. The number of halogens is 1. The Labute approximate surface area is 137 Å². The van der Waals surface area contributed by atoms with Crippen LogP contribution in [-0.2, 0) is 6.42 Å². The molecule has 2 aromatic rings. The van der Waals surface area contributed by atoms with E-state index < -0.39 is 0 Å². The van der Waals surface area contributed by atoms with Gasteiger partial charge in [0.15, 0.2) is 0 Å². The third kappa shape index (κ3) is 3.21. The highest BCUT2D eigenvalue weighted by atomic mass is 79.9. The summed E-state index contributed by atoms with van der Waals surface area (Å²) in [6, 6.07) is 2.59. The first-order valence-corrected chi connectivity index (χ1v) is 9.04. The molecule has 0 amide bonds. The molecule has 2 heterocycles. The fourth-order valence-electron chi connectivity index (χ4n) is 2.64. The number of rotatable bonds is 5. The molecule has 0 bridgehead atoms. The van der Waals surface area contributed by atoms with Crippen molar-refractivity contribution in [3.8, 4) is 0 Å². The lowest BCUT2D eigenvalue weighted by Gasteiger charge is -2.25. The monoisotopic (exact) mass is 366 g/mol. The highest BCUT2D eigenvalue weighted by Crippen LogP contribution is 2.37. The molecule has 0 aliphatic heterocycles. The average molecular weight is 367 g/mol. The number of hydrogen-bond acceptors (Lipinski definition) is 5. The van der Waals surface area contributed by atoms with Gasteiger partial charge in [-0.05, 0) is 58.6 Å². The molecule has 2 aromatic heterocycles. The number of nitrogens with one attached hydrogen (secondary N) is 2. The van der Waals surface area contributed by atoms with Crippen LogP contribution in [0.1, 0.15) is 42.7 Å². The van der Waals surface area contributed by atoms with Crippen molar-refractivity contribution in [3.05, 3.63) is 32.7 Å². The second kappa shape index (κ2) is 6.75. The van der Waals surface area contributed by atoms with Crippen LogP contribution in [0.25, 0.3) is 0 Å². The van der Waals surface area contributed by atoms with E-state index in [-0.39, 0.29) is 0 Å². The van der Waals surface area contributed by atoms with E-state index in [1.807, 2.05) is 11.3 Å². The van der Waals surface area contributed by atoms with Gasteiger partial charge in [-0.25, -0.2) is 9.97 Å². The zero-order valence-electron chi connectivity index (χ0n) is 12.0. The van der Waals surface area contributed by atoms with Crippen LogP contribution < -0.4 is 10.6 Å². The van der Waals surface area contributed by atoms with Gasteiger partial charge in [-0.2, -0.15) is 0 Å². The Balaban J connectivity index is 1.80. The van der Waals surface area contributed by atoms with Crippen LogP contribution in [0.5, 0.6) is 0 Å². The molecule has 0 fully saturated rings. The summed E-state index contributed by atoms with van der Waals surface area (Å²) in [5, 5.41) is 9.08. The normalized spacial score (nSPS) is 17.3. The molecule has 0 spiro atoms. The lowest BCUT2D eigenvalue weighted by Crippen LogP contribution is -2.17. The maximum atomic E-state index is 4.39. The van der Waals surface area contributed by atoms with Crippen molar-refractivity contribution < 1.29 is 0 Å². The van der Waals surface area contributed by atoms with E-state index in [9.17, 15) is 0 Å². The fraction of sp³-hybridized carbons (Fsp3) is 0.467. The molecule has 0 aromatic carbocycles. The Morgan fingerprint density at radius 2 is 2.24 bits per heavy atom. The summed E-state index contributed by atoms with van der Waals surface area (Å²) >= 11 is 5.48. The van der Waals surface area contributed by atoms with Gasteiger partial charge in [0.05, 0.1) is 6.04 Å². The van der Waals surface area contributed by atoms with Crippen LogP contribution in [0, 0.1) is 0 Å². The van der Waals surface area contributed by atoms with E-state index in [1.54, 1.807) is 6.33 Å². The molecule has 1 atom stereocenters. The van der Waals surface area contributed by atoms with Gasteiger partial charge in [-0.1, -0.05) is 6.92 Å². The van der Waals surface area contributed by atoms with E-state index in [0.29, 0.717) is 6.04 Å². The van der Waals surface area contributed by atoms with E-state index in [0.717, 1.165) is 35.5 Å². The van der Waals surface area contributed by atoms with Gasteiger partial charge in [-0.15, -0.1) is 11.3 Å². The van der Waals surface area contributed by atoms with Gasteiger partial charge in [-0.3, -0.25) is 0 Å². The van der Waals surface area contributed by atoms with Crippen LogP contribution in [-0.4, -0.2) is 16.5 Å². The Bertz CT molecular complexity index is 613. The highest BCUT2D eigenvalue weighted by Gasteiger charge is 2.22. The SMILES string of the molecule is CCCNc1ncnc(NC2CCCc3sccc32)c1Br. The Kier molecular flexibility index (Phi) is 4.75. The van der Waals surface area contributed by atoms with Crippen LogP contribution >= 0.6 is 27.3 Å². The van der Waals surface area contributed by atoms with E-state index >= 15 is 0 Å². The number of thiophene rings is 1. The third-order valence-corrected chi connectivity index (χ3v) is 5.44. The quantitative estimate of drug-likeness (QED) is 0.810. The van der Waals surface area contributed by atoms with Gasteiger partial charge in [0.1, 0.15) is 22.4 Å². The van der Waals surface area contributed by atoms with Crippen molar-refractivity contribution in [1.82, 2.24) is 9.97 Å². The standard InChI is InChI=1S/C15H19BrN4S/c1-2-7-17-14-13(16)15(19-9-18-14)20-11-4-3-5-12-10(11)6-8-21-12/h6,8-9,11H,2-5,7H2,1H3,(H2,17,18,19,20). The second-order valence-electron chi connectivity index (χ2n) is 5.20. The molecule has 0 radical (unpaired) electrons. The minimum Gasteiger partial charge on any atom is -0.369 e. The fourth-order valence-corrected chi connectivity index (χ4v) is 4.09. The minimum atomic E-state index is 0.352. The number of aryl methyl sites for hydroxylation is 1. The van der Waals surface area contributed by atoms with Crippen molar-refractivity contribution in [2.45, 2.75) is 38.6 Å². The van der Waals surface area contributed by atoms with Gasteiger partial charge < -0.3 is 10.6 Å². The van der Waals surface area contributed by atoms with Gasteiger partial charge >= 0.3 is 0 Å². The predicted molar refractivity (Wildman–Crippen MR) is 92.1 cm³/mol. The third-order valence-electron chi connectivity index (χ3n) is 3.69. The smallest absolute Gasteiger partial charge is 0.146 e. The number of fused-ring (bicyclic) bond motifs is 1. The van der Waals surface area contributed by atoms with Gasteiger partial charge in [0.25, 0.3) is 0 Å². The van der Waals surface area contributed by atoms with E-state index in [2.05, 4.69) is 54.9 Å². The topological polar surface area (TPSA) is 49.8 Å². The first-order chi connectivity index (χ1) is 10.3. The zero-order chi connectivity index (χ0) is 14.7. The van der Waals surface area contributed by atoms with Gasteiger partial charge in [0.2, 0.25) is 0 Å². The first-order valence-electron chi connectivity index (χ1n) is 7.36. The summed E-state index contributed by atoms with van der Waals surface area (Å²) in [6.07, 6.45) is 6.27. The maximum absolute atomic E-state index is 4.39. The van der Waals surface area contributed by atoms with Crippen molar-refractivity contribution in [2.24, 2.45) is 0 Å². The molecule has 0 saturated carbocycles. The van der Waals surface area contributed by atoms with Crippen LogP contribution in [0.2, 0.25) is 0 Å². The highest BCUT2D eigenvalue weighted by molar-refractivity contribution is 9.10. The Morgan fingerprint density at radius 1 is 1.38 bits per heavy atom.